The van der Waals surface area contributed by atoms with Crippen molar-refractivity contribution in [1.82, 2.24) is 10.2 Å². The molecule has 1 aliphatic heterocycles. The molecule has 3 nitrogen and oxygen atoms in total. The lowest BCUT2D eigenvalue weighted by Crippen LogP contribution is -2.62. The van der Waals surface area contributed by atoms with Crippen LogP contribution < -0.4 is 5.32 Å². The molecule has 0 bridgehead atoms. The smallest absolute Gasteiger partial charge is 0.371 e. The average molecular weight is 268 g/mol. The third-order valence-electron chi connectivity index (χ3n) is 3.38. The largest absolute Gasteiger partial charge is 0.411 e. The second kappa shape index (κ2) is 6.21. The van der Waals surface area contributed by atoms with Gasteiger partial charge in [-0.1, -0.05) is 6.92 Å². The lowest BCUT2D eigenvalue weighted by Gasteiger charge is -2.46. The third-order valence-corrected chi connectivity index (χ3v) is 3.38. The van der Waals surface area contributed by atoms with Gasteiger partial charge in [-0.05, 0) is 20.3 Å². The lowest BCUT2D eigenvalue weighted by molar-refractivity contribution is -0.175. The molecule has 1 heterocycles. The van der Waals surface area contributed by atoms with Crippen LogP contribution in [0.1, 0.15) is 27.2 Å². The predicted octanol–water partition coefficient (Wildman–Crippen LogP) is 2.03. The van der Waals surface area contributed by atoms with E-state index in [9.17, 15) is 13.2 Å². The highest BCUT2D eigenvalue weighted by Gasteiger charge is 2.33. The molecule has 0 saturated carbocycles. The first kappa shape index (κ1) is 15.7. The fraction of sp³-hybridized carbons (Fsp3) is 1.00. The summed E-state index contributed by atoms with van der Waals surface area (Å²) in [4.78, 5) is 2.20. The highest BCUT2D eigenvalue weighted by molar-refractivity contribution is 4.92. The van der Waals surface area contributed by atoms with Gasteiger partial charge in [0.25, 0.3) is 0 Å². The molecule has 18 heavy (non-hydrogen) atoms. The second-order valence-electron chi connectivity index (χ2n) is 5.41. The summed E-state index contributed by atoms with van der Waals surface area (Å²) >= 11 is 0. The highest BCUT2D eigenvalue weighted by atomic mass is 19.4. The van der Waals surface area contributed by atoms with Gasteiger partial charge in [-0.3, -0.25) is 4.90 Å². The van der Waals surface area contributed by atoms with Crippen molar-refractivity contribution in [1.29, 1.82) is 0 Å². The molecule has 0 aromatic carbocycles. The van der Waals surface area contributed by atoms with Gasteiger partial charge < -0.3 is 10.1 Å². The molecule has 0 spiro atoms. The summed E-state index contributed by atoms with van der Waals surface area (Å²) in [5.74, 6) is 0. The molecular formula is C12H23F3N2O. The summed E-state index contributed by atoms with van der Waals surface area (Å²) in [7, 11) is 0. The van der Waals surface area contributed by atoms with E-state index >= 15 is 0 Å². The van der Waals surface area contributed by atoms with Crippen molar-refractivity contribution in [3.8, 4) is 0 Å². The molecule has 1 fully saturated rings. The summed E-state index contributed by atoms with van der Waals surface area (Å²) in [5, 5.41) is 3.44. The van der Waals surface area contributed by atoms with Gasteiger partial charge in [0, 0.05) is 31.2 Å². The van der Waals surface area contributed by atoms with Crippen molar-refractivity contribution in [3.63, 3.8) is 0 Å². The van der Waals surface area contributed by atoms with Gasteiger partial charge in [0.2, 0.25) is 0 Å². The maximum absolute atomic E-state index is 11.9. The first-order valence-corrected chi connectivity index (χ1v) is 6.37. The Hall–Kier alpha value is -0.330. The predicted molar refractivity (Wildman–Crippen MR) is 64.6 cm³/mol. The maximum atomic E-state index is 11.9. The van der Waals surface area contributed by atoms with E-state index in [0.29, 0.717) is 12.6 Å². The minimum atomic E-state index is -4.23. The monoisotopic (exact) mass is 268 g/mol. The van der Waals surface area contributed by atoms with Gasteiger partial charge in [0.05, 0.1) is 6.61 Å². The Kier molecular flexibility index (Phi) is 5.43. The van der Waals surface area contributed by atoms with Gasteiger partial charge in [-0.25, -0.2) is 0 Å². The maximum Gasteiger partial charge on any atom is 0.411 e. The van der Waals surface area contributed by atoms with Crippen molar-refractivity contribution in [2.75, 3.05) is 32.8 Å². The van der Waals surface area contributed by atoms with Crippen molar-refractivity contribution < 1.29 is 17.9 Å². The molecule has 1 rings (SSSR count). The van der Waals surface area contributed by atoms with Crippen LogP contribution in [0.5, 0.6) is 0 Å². The number of piperazine rings is 1. The molecule has 108 valence electrons. The SMILES string of the molecule is CCC1CN(CCOCC(F)(F)F)C(C)(C)CN1. The van der Waals surface area contributed by atoms with Crippen LogP contribution in [0.3, 0.4) is 0 Å². The quantitative estimate of drug-likeness (QED) is 0.772. The Morgan fingerprint density at radius 3 is 2.61 bits per heavy atom. The van der Waals surface area contributed by atoms with Crippen LogP contribution in [0.25, 0.3) is 0 Å². The number of nitrogens with one attached hydrogen (secondary N) is 1. The van der Waals surface area contributed by atoms with Gasteiger partial charge in [0.15, 0.2) is 0 Å². The molecule has 1 saturated heterocycles. The summed E-state index contributed by atoms with van der Waals surface area (Å²) in [6.45, 7) is 7.51. The minimum Gasteiger partial charge on any atom is -0.371 e. The van der Waals surface area contributed by atoms with E-state index in [1.807, 2.05) is 0 Å². The van der Waals surface area contributed by atoms with Gasteiger partial charge in [0.1, 0.15) is 6.61 Å². The molecule has 0 aliphatic carbocycles. The van der Waals surface area contributed by atoms with Crippen LogP contribution in [-0.4, -0.2) is 55.5 Å². The zero-order chi connectivity index (χ0) is 13.8. The number of hydrogen-bond acceptors (Lipinski definition) is 3. The number of hydrogen-bond donors (Lipinski definition) is 1. The minimum absolute atomic E-state index is 0.0345. The number of ether oxygens (including phenoxy) is 1. The van der Waals surface area contributed by atoms with Crippen LogP contribution in [0.4, 0.5) is 13.2 Å². The summed E-state index contributed by atoms with van der Waals surface area (Å²) in [6, 6.07) is 0.417. The van der Waals surface area contributed by atoms with Crippen LogP contribution in [0.15, 0.2) is 0 Å². The zero-order valence-electron chi connectivity index (χ0n) is 11.3. The molecular weight excluding hydrogens is 245 g/mol. The third kappa shape index (κ3) is 5.12. The Morgan fingerprint density at radius 1 is 1.39 bits per heavy atom. The van der Waals surface area contributed by atoms with E-state index in [1.54, 1.807) is 0 Å². The first-order valence-electron chi connectivity index (χ1n) is 6.37. The van der Waals surface area contributed by atoms with E-state index in [-0.39, 0.29) is 12.1 Å². The van der Waals surface area contributed by atoms with Crippen molar-refractivity contribution in [3.05, 3.63) is 0 Å². The normalized spacial score (nSPS) is 25.3. The van der Waals surface area contributed by atoms with Crippen molar-refractivity contribution in [2.45, 2.75) is 44.9 Å². The van der Waals surface area contributed by atoms with Gasteiger partial charge in [-0.2, -0.15) is 13.2 Å². The van der Waals surface area contributed by atoms with Gasteiger partial charge >= 0.3 is 6.18 Å². The Bertz CT molecular complexity index is 256. The van der Waals surface area contributed by atoms with E-state index < -0.39 is 12.8 Å². The fourth-order valence-corrected chi connectivity index (χ4v) is 2.11. The topological polar surface area (TPSA) is 24.5 Å². The summed E-state index contributed by atoms with van der Waals surface area (Å²) in [6.07, 6.45) is -3.21. The van der Waals surface area contributed by atoms with Gasteiger partial charge in [-0.15, -0.1) is 0 Å². The van der Waals surface area contributed by atoms with Crippen molar-refractivity contribution >= 4 is 0 Å². The molecule has 1 unspecified atom stereocenters. The molecule has 0 aromatic heterocycles. The lowest BCUT2D eigenvalue weighted by atomic mass is 9.96. The number of nitrogens with zero attached hydrogens (tertiary/aromatic N) is 1. The zero-order valence-corrected chi connectivity index (χ0v) is 11.3. The number of alkyl halides is 3. The fourth-order valence-electron chi connectivity index (χ4n) is 2.11. The van der Waals surface area contributed by atoms with Crippen LogP contribution in [0, 0.1) is 0 Å². The van der Waals surface area contributed by atoms with E-state index in [2.05, 4.69) is 35.7 Å². The van der Waals surface area contributed by atoms with Crippen LogP contribution in [0.2, 0.25) is 0 Å². The first-order chi connectivity index (χ1) is 8.24. The molecule has 0 amide bonds. The second-order valence-corrected chi connectivity index (χ2v) is 5.41. The molecule has 0 radical (unpaired) electrons. The van der Waals surface area contributed by atoms with E-state index in [1.165, 1.54) is 0 Å². The Labute approximate surface area is 107 Å². The highest BCUT2D eigenvalue weighted by Crippen LogP contribution is 2.19. The standard InChI is InChI=1S/C12H23F3N2O/c1-4-10-7-17(11(2,3)8-16-10)5-6-18-9-12(13,14)15/h10,16H,4-9H2,1-3H3. The molecule has 1 atom stereocenters. The van der Waals surface area contributed by atoms with E-state index in [4.69, 9.17) is 0 Å². The summed E-state index contributed by atoms with van der Waals surface area (Å²) in [5.41, 5.74) is -0.0345. The molecule has 1 aliphatic rings. The van der Waals surface area contributed by atoms with Crippen LogP contribution in [-0.2, 0) is 4.74 Å². The molecule has 1 N–H and O–H groups in total. The number of halogens is 3. The molecule has 0 aromatic rings. The Morgan fingerprint density at radius 2 is 2.06 bits per heavy atom. The average Bonchev–Trinajstić information content (AvgIpc) is 2.24. The molecule has 6 heteroatoms. The van der Waals surface area contributed by atoms with Crippen LogP contribution >= 0.6 is 0 Å². The summed E-state index contributed by atoms with van der Waals surface area (Å²) < 4.78 is 40.5. The van der Waals surface area contributed by atoms with E-state index in [0.717, 1.165) is 19.5 Å². The van der Waals surface area contributed by atoms with Crippen molar-refractivity contribution in [2.24, 2.45) is 0 Å². The Balaban J connectivity index is 2.34. The number of rotatable bonds is 5.